The highest BCUT2D eigenvalue weighted by atomic mass is 79.9. The topological polar surface area (TPSA) is 63.2 Å². The van der Waals surface area contributed by atoms with Crippen LogP contribution in [-0.2, 0) is 9.59 Å². The van der Waals surface area contributed by atoms with Crippen molar-refractivity contribution >= 4 is 50.7 Å². The molecule has 0 saturated carbocycles. The molecule has 0 radical (unpaired) electrons. The number of benzene rings is 2. The molecular weight excluding hydrogens is 382 g/mol. The molecule has 0 saturated heterocycles. The maximum Gasteiger partial charge on any atom is 0.231 e. The standard InChI is InChI=1S/C17H13BrClNO3/c18-12-3-1-11(2-4-12)16(22)9-15(21)10-17(23)20-14-7-5-13(19)6-8-14/h1-8H,9-10H2,(H,20,23). The van der Waals surface area contributed by atoms with Crippen molar-refractivity contribution in [1.82, 2.24) is 0 Å². The fourth-order valence-corrected chi connectivity index (χ4v) is 2.29. The van der Waals surface area contributed by atoms with Gasteiger partial charge in [-0.1, -0.05) is 39.7 Å². The molecule has 2 aromatic carbocycles. The zero-order chi connectivity index (χ0) is 16.8. The number of carbonyl (C=O) groups is 3. The Morgan fingerprint density at radius 1 is 0.913 bits per heavy atom. The molecule has 2 rings (SSSR count). The van der Waals surface area contributed by atoms with E-state index < -0.39 is 11.7 Å². The summed E-state index contributed by atoms with van der Waals surface area (Å²) in [6, 6.07) is 13.3. The maximum atomic E-state index is 12.0. The second kappa shape index (κ2) is 8.04. The van der Waals surface area contributed by atoms with Gasteiger partial charge in [0.1, 0.15) is 5.78 Å². The first-order valence-electron chi connectivity index (χ1n) is 6.80. The smallest absolute Gasteiger partial charge is 0.231 e. The van der Waals surface area contributed by atoms with Gasteiger partial charge in [-0.05, 0) is 36.4 Å². The van der Waals surface area contributed by atoms with Gasteiger partial charge in [-0.2, -0.15) is 0 Å². The zero-order valence-corrected chi connectivity index (χ0v) is 14.4. The average molecular weight is 395 g/mol. The lowest BCUT2D eigenvalue weighted by Gasteiger charge is -2.05. The van der Waals surface area contributed by atoms with Gasteiger partial charge >= 0.3 is 0 Å². The number of hydrogen-bond donors (Lipinski definition) is 1. The molecule has 0 bridgehead atoms. The van der Waals surface area contributed by atoms with E-state index in [-0.39, 0.29) is 18.6 Å². The van der Waals surface area contributed by atoms with Gasteiger partial charge < -0.3 is 5.32 Å². The highest BCUT2D eigenvalue weighted by molar-refractivity contribution is 9.10. The van der Waals surface area contributed by atoms with Crippen molar-refractivity contribution in [2.45, 2.75) is 12.8 Å². The van der Waals surface area contributed by atoms with Crippen molar-refractivity contribution < 1.29 is 14.4 Å². The van der Waals surface area contributed by atoms with Crippen molar-refractivity contribution in [3.8, 4) is 0 Å². The lowest BCUT2D eigenvalue weighted by molar-refractivity contribution is -0.124. The predicted molar refractivity (Wildman–Crippen MR) is 92.8 cm³/mol. The van der Waals surface area contributed by atoms with Crippen LogP contribution in [0.25, 0.3) is 0 Å². The molecule has 0 aliphatic carbocycles. The molecule has 23 heavy (non-hydrogen) atoms. The number of nitrogens with one attached hydrogen (secondary N) is 1. The number of Topliss-reactive ketones (excluding diaryl/α,β-unsaturated/α-hetero) is 2. The van der Waals surface area contributed by atoms with Gasteiger partial charge in [0.15, 0.2) is 5.78 Å². The number of halogens is 2. The first-order valence-corrected chi connectivity index (χ1v) is 7.97. The minimum atomic E-state index is -0.457. The fourth-order valence-electron chi connectivity index (χ4n) is 1.90. The van der Waals surface area contributed by atoms with Crippen molar-refractivity contribution in [1.29, 1.82) is 0 Å². The van der Waals surface area contributed by atoms with Crippen LogP contribution >= 0.6 is 27.5 Å². The number of anilines is 1. The number of rotatable bonds is 6. The summed E-state index contributed by atoms with van der Waals surface area (Å²) >= 11 is 9.03. The Morgan fingerprint density at radius 2 is 1.52 bits per heavy atom. The van der Waals surface area contributed by atoms with Gasteiger partial charge in [-0.25, -0.2) is 0 Å². The van der Waals surface area contributed by atoms with Gasteiger partial charge in [0.25, 0.3) is 0 Å². The molecule has 118 valence electrons. The minimum absolute atomic E-state index is 0.296. The highest BCUT2D eigenvalue weighted by Gasteiger charge is 2.15. The molecule has 4 nitrogen and oxygen atoms in total. The molecule has 1 amide bonds. The van der Waals surface area contributed by atoms with Crippen LogP contribution in [0.3, 0.4) is 0 Å². The zero-order valence-electron chi connectivity index (χ0n) is 12.0. The van der Waals surface area contributed by atoms with Crippen LogP contribution in [0, 0.1) is 0 Å². The quantitative estimate of drug-likeness (QED) is 0.588. The molecule has 0 atom stereocenters. The van der Waals surface area contributed by atoms with Crippen LogP contribution in [0.2, 0.25) is 5.02 Å². The van der Waals surface area contributed by atoms with Crippen LogP contribution < -0.4 is 5.32 Å². The molecule has 2 aromatic rings. The minimum Gasteiger partial charge on any atom is -0.326 e. The third-order valence-corrected chi connectivity index (χ3v) is 3.79. The number of amides is 1. The molecule has 6 heteroatoms. The summed E-state index contributed by atoms with van der Waals surface area (Å²) in [6.45, 7) is 0. The normalized spacial score (nSPS) is 10.2. The summed E-state index contributed by atoms with van der Waals surface area (Å²) in [5, 5.41) is 3.14. The van der Waals surface area contributed by atoms with E-state index in [1.165, 1.54) is 0 Å². The second-order valence-corrected chi connectivity index (χ2v) is 6.23. The number of hydrogen-bond acceptors (Lipinski definition) is 3. The van der Waals surface area contributed by atoms with Gasteiger partial charge in [-0.3, -0.25) is 14.4 Å². The van der Waals surface area contributed by atoms with Crippen molar-refractivity contribution in [2.24, 2.45) is 0 Å². The van der Waals surface area contributed by atoms with E-state index in [9.17, 15) is 14.4 Å². The lowest BCUT2D eigenvalue weighted by Crippen LogP contribution is -2.18. The Balaban J connectivity index is 1.86. The van der Waals surface area contributed by atoms with Crippen molar-refractivity contribution in [3.63, 3.8) is 0 Å². The summed E-state index contributed by atoms with van der Waals surface area (Å²) in [6.07, 6.45) is -0.638. The maximum absolute atomic E-state index is 12.0. The van der Waals surface area contributed by atoms with E-state index in [2.05, 4.69) is 21.2 Å². The largest absolute Gasteiger partial charge is 0.326 e. The molecule has 1 N–H and O–H groups in total. The van der Waals surface area contributed by atoms with Crippen LogP contribution in [0.4, 0.5) is 5.69 Å². The third kappa shape index (κ3) is 5.62. The molecule has 0 aromatic heterocycles. The van der Waals surface area contributed by atoms with E-state index in [0.29, 0.717) is 16.3 Å². The number of ketones is 2. The Labute approximate surface area is 147 Å². The molecule has 0 heterocycles. The molecule has 0 unspecified atom stereocenters. The molecule has 0 spiro atoms. The van der Waals surface area contributed by atoms with E-state index in [1.807, 2.05) is 0 Å². The van der Waals surface area contributed by atoms with Gasteiger partial charge in [0, 0.05) is 20.7 Å². The van der Waals surface area contributed by atoms with Crippen molar-refractivity contribution in [3.05, 3.63) is 63.6 Å². The van der Waals surface area contributed by atoms with Gasteiger partial charge in [0.05, 0.1) is 12.8 Å². The third-order valence-electron chi connectivity index (χ3n) is 3.01. The SMILES string of the molecule is O=C(CC(=O)Nc1ccc(Cl)cc1)CC(=O)c1ccc(Br)cc1. The predicted octanol–water partition coefficient (Wildman–Crippen LogP) is 4.27. The summed E-state index contributed by atoms with van der Waals surface area (Å²) in [7, 11) is 0. The number of carbonyl (C=O) groups excluding carboxylic acids is 3. The average Bonchev–Trinajstić information content (AvgIpc) is 2.50. The molecular formula is C17H13BrClNO3. The molecule has 0 aliphatic heterocycles. The van der Waals surface area contributed by atoms with Crippen molar-refractivity contribution in [2.75, 3.05) is 5.32 Å². The summed E-state index contributed by atoms with van der Waals surface area (Å²) < 4.78 is 0.850. The van der Waals surface area contributed by atoms with E-state index >= 15 is 0 Å². The van der Waals surface area contributed by atoms with Crippen LogP contribution in [0.5, 0.6) is 0 Å². The Kier molecular flexibility index (Phi) is 6.07. The van der Waals surface area contributed by atoms with Gasteiger partial charge in [0.2, 0.25) is 5.91 Å². The van der Waals surface area contributed by atoms with Crippen LogP contribution in [-0.4, -0.2) is 17.5 Å². The van der Waals surface area contributed by atoms with E-state index in [1.54, 1.807) is 48.5 Å². The highest BCUT2D eigenvalue weighted by Crippen LogP contribution is 2.14. The Morgan fingerprint density at radius 3 is 2.13 bits per heavy atom. The van der Waals surface area contributed by atoms with Crippen LogP contribution in [0.1, 0.15) is 23.2 Å². The first kappa shape index (κ1) is 17.4. The van der Waals surface area contributed by atoms with E-state index in [0.717, 1.165) is 4.47 Å². The second-order valence-electron chi connectivity index (χ2n) is 4.88. The van der Waals surface area contributed by atoms with Crippen LogP contribution in [0.15, 0.2) is 53.0 Å². The summed E-state index contributed by atoms with van der Waals surface area (Å²) in [5.41, 5.74) is 0.992. The Hall–Kier alpha value is -1.98. The van der Waals surface area contributed by atoms with E-state index in [4.69, 9.17) is 11.6 Å². The fraction of sp³-hybridized carbons (Fsp3) is 0.118. The molecule has 0 fully saturated rings. The molecule has 0 aliphatic rings. The monoisotopic (exact) mass is 393 g/mol. The lowest BCUT2D eigenvalue weighted by atomic mass is 10.0. The summed E-state index contributed by atoms with van der Waals surface area (Å²) in [4.78, 5) is 35.6. The Bertz CT molecular complexity index is 727. The summed E-state index contributed by atoms with van der Waals surface area (Å²) in [5.74, 6) is -1.19. The van der Waals surface area contributed by atoms with Gasteiger partial charge in [-0.15, -0.1) is 0 Å². The first-order chi connectivity index (χ1) is 10.9.